The summed E-state index contributed by atoms with van der Waals surface area (Å²) in [6.07, 6.45) is 4.60. The Hall–Kier alpha value is -4.77. The molecule has 210 valence electrons. The highest BCUT2D eigenvalue weighted by atomic mass is 32.2. The van der Waals surface area contributed by atoms with Crippen molar-refractivity contribution in [2.45, 2.75) is 4.90 Å². The van der Waals surface area contributed by atoms with Crippen LogP contribution in [0.2, 0.25) is 0 Å². The lowest BCUT2D eigenvalue weighted by Gasteiger charge is -2.25. The molecule has 0 aliphatic rings. The number of benzene rings is 3. The highest BCUT2D eigenvalue weighted by molar-refractivity contribution is 7.92. The normalized spacial score (nSPS) is 10.9. The van der Waals surface area contributed by atoms with Crippen LogP contribution >= 0.6 is 0 Å². The Morgan fingerprint density at radius 3 is 2.25 bits per heavy atom. The van der Waals surface area contributed by atoms with Crippen LogP contribution in [0.5, 0.6) is 23.0 Å². The number of hydrazone groups is 1. The SMILES string of the molecule is C=CCOc1ccc(/C=N\NC(=O)CN(c2ccc(OC)cc2OC)S(=O)(=O)c2ccccc2)c(OCC=C)c1. The Morgan fingerprint density at radius 2 is 1.57 bits per heavy atom. The summed E-state index contributed by atoms with van der Waals surface area (Å²) in [5.74, 6) is 0.999. The largest absolute Gasteiger partial charge is 0.497 e. The smallest absolute Gasteiger partial charge is 0.264 e. The first-order chi connectivity index (χ1) is 19.3. The van der Waals surface area contributed by atoms with E-state index in [1.54, 1.807) is 54.6 Å². The lowest BCUT2D eigenvalue weighted by Crippen LogP contribution is -2.39. The summed E-state index contributed by atoms with van der Waals surface area (Å²) in [6, 6.07) is 17.5. The second-order valence-corrected chi connectivity index (χ2v) is 9.92. The molecule has 0 fully saturated rings. The molecular formula is C29H31N3O7S. The molecule has 3 aromatic carbocycles. The van der Waals surface area contributed by atoms with Crippen LogP contribution in [0.25, 0.3) is 0 Å². The molecule has 11 heteroatoms. The third kappa shape index (κ3) is 7.64. The highest BCUT2D eigenvalue weighted by Crippen LogP contribution is 2.35. The number of sulfonamides is 1. The number of amides is 1. The predicted molar refractivity (Wildman–Crippen MR) is 154 cm³/mol. The number of hydrogen-bond acceptors (Lipinski definition) is 8. The Balaban J connectivity index is 1.87. The van der Waals surface area contributed by atoms with Gasteiger partial charge in [-0.15, -0.1) is 0 Å². The first kappa shape index (κ1) is 29.8. The minimum absolute atomic E-state index is 0.00643. The number of ether oxygens (including phenoxy) is 4. The van der Waals surface area contributed by atoms with Gasteiger partial charge in [0.05, 0.1) is 31.0 Å². The fraction of sp³-hybridized carbons (Fsp3) is 0.172. The number of nitrogens with zero attached hydrogens (tertiary/aromatic N) is 2. The van der Waals surface area contributed by atoms with Crippen LogP contribution < -0.4 is 28.7 Å². The maximum absolute atomic E-state index is 13.6. The van der Waals surface area contributed by atoms with Crippen molar-refractivity contribution >= 4 is 27.8 Å². The van der Waals surface area contributed by atoms with Crippen LogP contribution in [0.1, 0.15) is 5.56 Å². The molecule has 0 aromatic heterocycles. The number of carbonyl (C=O) groups is 1. The van der Waals surface area contributed by atoms with Crippen molar-refractivity contribution < 1.29 is 32.2 Å². The van der Waals surface area contributed by atoms with Crippen molar-refractivity contribution in [2.24, 2.45) is 5.10 Å². The van der Waals surface area contributed by atoms with Crippen molar-refractivity contribution in [2.75, 3.05) is 38.3 Å². The molecule has 0 saturated carbocycles. The second-order valence-electron chi connectivity index (χ2n) is 8.05. The van der Waals surface area contributed by atoms with E-state index in [9.17, 15) is 13.2 Å². The van der Waals surface area contributed by atoms with Crippen LogP contribution in [-0.4, -0.2) is 54.5 Å². The second kappa shape index (κ2) is 14.4. The Bertz CT molecular complexity index is 1460. The number of anilines is 1. The summed E-state index contributed by atoms with van der Waals surface area (Å²) >= 11 is 0. The van der Waals surface area contributed by atoms with E-state index in [2.05, 4.69) is 23.7 Å². The average Bonchev–Trinajstić information content (AvgIpc) is 2.98. The van der Waals surface area contributed by atoms with Gasteiger partial charge in [-0.3, -0.25) is 9.10 Å². The number of carbonyl (C=O) groups excluding carboxylic acids is 1. The van der Waals surface area contributed by atoms with E-state index < -0.39 is 22.5 Å². The molecule has 10 nitrogen and oxygen atoms in total. The minimum Gasteiger partial charge on any atom is -0.497 e. The highest BCUT2D eigenvalue weighted by Gasteiger charge is 2.29. The van der Waals surface area contributed by atoms with Gasteiger partial charge in [-0.2, -0.15) is 5.10 Å². The first-order valence-corrected chi connectivity index (χ1v) is 13.5. The van der Waals surface area contributed by atoms with Crippen LogP contribution in [0.3, 0.4) is 0 Å². The fourth-order valence-corrected chi connectivity index (χ4v) is 4.94. The first-order valence-electron chi connectivity index (χ1n) is 12.1. The molecule has 0 atom stereocenters. The average molecular weight is 566 g/mol. The van der Waals surface area contributed by atoms with Gasteiger partial charge in [-0.25, -0.2) is 13.8 Å². The van der Waals surface area contributed by atoms with Gasteiger partial charge in [0.25, 0.3) is 15.9 Å². The lowest BCUT2D eigenvalue weighted by atomic mass is 10.2. The molecule has 0 radical (unpaired) electrons. The van der Waals surface area contributed by atoms with E-state index in [0.717, 1.165) is 4.31 Å². The number of nitrogens with one attached hydrogen (secondary N) is 1. The van der Waals surface area contributed by atoms with Crippen molar-refractivity contribution in [3.05, 3.63) is 97.6 Å². The molecular weight excluding hydrogens is 534 g/mol. The third-order valence-corrected chi connectivity index (χ3v) is 7.15. The standard InChI is InChI=1S/C29H31N3O7S/c1-5-16-38-24-13-12-22(27(19-24)39-17-6-2)20-30-31-29(33)21-32(40(34,35)25-10-8-7-9-11-25)26-15-14-23(36-3)18-28(26)37-4/h5-15,18-20H,1-2,16-17,21H2,3-4H3,(H,31,33)/b30-20-. The third-order valence-electron chi connectivity index (χ3n) is 5.38. The number of rotatable bonds is 15. The Kier molecular flexibility index (Phi) is 10.7. The molecule has 0 bridgehead atoms. The van der Waals surface area contributed by atoms with Crippen molar-refractivity contribution in [3.63, 3.8) is 0 Å². The zero-order chi connectivity index (χ0) is 29.0. The monoisotopic (exact) mass is 565 g/mol. The number of hydrogen-bond donors (Lipinski definition) is 1. The molecule has 0 aliphatic heterocycles. The van der Waals surface area contributed by atoms with Crippen LogP contribution in [0, 0.1) is 0 Å². The van der Waals surface area contributed by atoms with E-state index in [1.807, 2.05) is 0 Å². The summed E-state index contributed by atoms with van der Waals surface area (Å²) in [6.45, 7) is 7.27. The summed E-state index contributed by atoms with van der Waals surface area (Å²) in [5.41, 5.74) is 3.09. The molecule has 1 N–H and O–H groups in total. The van der Waals surface area contributed by atoms with Crippen molar-refractivity contribution in [3.8, 4) is 23.0 Å². The van der Waals surface area contributed by atoms with Gasteiger partial charge in [0.15, 0.2) is 0 Å². The van der Waals surface area contributed by atoms with Crippen LogP contribution in [0.4, 0.5) is 5.69 Å². The van der Waals surface area contributed by atoms with Gasteiger partial charge in [-0.1, -0.05) is 43.5 Å². The molecule has 0 saturated heterocycles. The van der Waals surface area contributed by atoms with Gasteiger partial charge in [-0.05, 0) is 36.4 Å². The maximum atomic E-state index is 13.6. The summed E-state index contributed by atoms with van der Waals surface area (Å²) in [7, 11) is -1.28. The van der Waals surface area contributed by atoms with E-state index in [-0.39, 0.29) is 22.9 Å². The molecule has 3 aromatic rings. The zero-order valence-corrected chi connectivity index (χ0v) is 23.1. The zero-order valence-electron chi connectivity index (χ0n) is 22.3. The van der Waals surface area contributed by atoms with Crippen LogP contribution in [-0.2, 0) is 14.8 Å². The molecule has 0 unspecified atom stereocenters. The Morgan fingerprint density at radius 1 is 0.900 bits per heavy atom. The quantitative estimate of drug-likeness (QED) is 0.167. The predicted octanol–water partition coefficient (Wildman–Crippen LogP) is 4.18. The summed E-state index contributed by atoms with van der Waals surface area (Å²) in [4.78, 5) is 13.0. The Labute approximate surface area is 234 Å². The topological polar surface area (TPSA) is 116 Å². The van der Waals surface area contributed by atoms with Gasteiger partial charge < -0.3 is 18.9 Å². The molecule has 40 heavy (non-hydrogen) atoms. The summed E-state index contributed by atoms with van der Waals surface area (Å²) in [5, 5.41) is 4.01. The van der Waals surface area contributed by atoms with Gasteiger partial charge in [0.1, 0.15) is 42.8 Å². The van der Waals surface area contributed by atoms with Gasteiger partial charge in [0.2, 0.25) is 0 Å². The number of methoxy groups -OCH3 is 2. The van der Waals surface area contributed by atoms with Crippen molar-refractivity contribution in [1.29, 1.82) is 0 Å². The lowest BCUT2D eigenvalue weighted by molar-refractivity contribution is -0.119. The minimum atomic E-state index is -4.16. The molecule has 0 heterocycles. The molecule has 0 spiro atoms. The van der Waals surface area contributed by atoms with Crippen LogP contribution in [0.15, 0.2) is 102 Å². The molecule has 1 amide bonds. The maximum Gasteiger partial charge on any atom is 0.264 e. The van der Waals surface area contributed by atoms with E-state index in [4.69, 9.17) is 18.9 Å². The van der Waals surface area contributed by atoms with Gasteiger partial charge in [0, 0.05) is 17.7 Å². The van der Waals surface area contributed by atoms with Gasteiger partial charge >= 0.3 is 0 Å². The van der Waals surface area contributed by atoms with E-state index >= 15 is 0 Å². The molecule has 0 aliphatic carbocycles. The van der Waals surface area contributed by atoms with E-state index in [1.165, 1.54) is 44.7 Å². The van der Waals surface area contributed by atoms with Crippen molar-refractivity contribution in [1.82, 2.24) is 5.43 Å². The summed E-state index contributed by atoms with van der Waals surface area (Å²) < 4.78 is 50.1. The van der Waals surface area contributed by atoms with E-state index in [0.29, 0.717) is 29.4 Å². The fourth-order valence-electron chi connectivity index (χ4n) is 3.49. The molecule has 3 rings (SSSR count).